The molecule has 1 heterocycles. The number of aromatic nitrogens is 2. The normalized spacial score (nSPS) is 17.9. The summed E-state index contributed by atoms with van der Waals surface area (Å²) in [6.45, 7) is 0. The van der Waals surface area contributed by atoms with Crippen molar-refractivity contribution in [2.45, 2.75) is 44.6 Å². The molecule has 1 atom stereocenters. The molecule has 108 valence electrons. The van der Waals surface area contributed by atoms with E-state index in [0.29, 0.717) is 0 Å². The van der Waals surface area contributed by atoms with Crippen molar-refractivity contribution in [1.29, 1.82) is 0 Å². The number of halogens is 1. The Morgan fingerprint density at radius 3 is 2.60 bits per heavy atom. The molecule has 0 aliphatic heterocycles. The van der Waals surface area contributed by atoms with E-state index in [1.807, 2.05) is 12.1 Å². The number of hydrogen-bond acceptors (Lipinski definition) is 2. The highest BCUT2D eigenvalue weighted by atomic mass is 79.9. The standard InChI is InChI=1S/C15H20BrN3O/c16-11-8-14-13(18-15(20)19-14)7-10(11)12(17)6-5-9-3-1-2-4-9/h7-9,12H,1-6,17H2,(H2,18,19,20). The molecule has 5 heteroatoms. The molecule has 4 nitrogen and oxygen atoms in total. The third-order valence-corrected chi connectivity index (χ3v) is 5.08. The van der Waals surface area contributed by atoms with E-state index >= 15 is 0 Å². The first-order valence-corrected chi connectivity index (χ1v) is 8.10. The van der Waals surface area contributed by atoms with Crippen molar-refractivity contribution in [3.63, 3.8) is 0 Å². The Morgan fingerprint density at radius 1 is 1.25 bits per heavy atom. The van der Waals surface area contributed by atoms with Gasteiger partial charge in [-0.2, -0.15) is 0 Å². The highest BCUT2D eigenvalue weighted by Crippen LogP contribution is 2.33. The molecule has 1 saturated carbocycles. The Labute approximate surface area is 126 Å². The predicted molar refractivity (Wildman–Crippen MR) is 84.7 cm³/mol. The first kappa shape index (κ1) is 13.9. The number of nitrogens with one attached hydrogen (secondary N) is 2. The van der Waals surface area contributed by atoms with Crippen LogP contribution in [-0.2, 0) is 0 Å². The van der Waals surface area contributed by atoms with Crippen molar-refractivity contribution in [3.8, 4) is 0 Å². The summed E-state index contributed by atoms with van der Waals surface area (Å²) in [7, 11) is 0. The number of aromatic amines is 2. The van der Waals surface area contributed by atoms with Crippen LogP contribution < -0.4 is 11.4 Å². The number of fused-ring (bicyclic) bond motifs is 1. The van der Waals surface area contributed by atoms with Crippen LogP contribution in [0.15, 0.2) is 21.4 Å². The third-order valence-electron chi connectivity index (χ3n) is 4.39. The van der Waals surface area contributed by atoms with Crippen LogP contribution in [0.1, 0.15) is 50.1 Å². The zero-order chi connectivity index (χ0) is 14.1. The molecular formula is C15H20BrN3O. The van der Waals surface area contributed by atoms with Crippen molar-refractivity contribution in [1.82, 2.24) is 9.97 Å². The predicted octanol–water partition coefficient (Wildman–Crippen LogP) is 3.59. The van der Waals surface area contributed by atoms with Gasteiger partial charge in [0.15, 0.2) is 0 Å². The molecule has 0 radical (unpaired) electrons. The lowest BCUT2D eigenvalue weighted by Crippen LogP contribution is -2.12. The summed E-state index contributed by atoms with van der Waals surface area (Å²) in [6, 6.07) is 3.93. The fourth-order valence-electron chi connectivity index (χ4n) is 3.23. The molecule has 1 aromatic carbocycles. The average Bonchev–Trinajstić information content (AvgIpc) is 3.03. The second kappa shape index (κ2) is 5.74. The van der Waals surface area contributed by atoms with Gasteiger partial charge in [-0.3, -0.25) is 0 Å². The molecule has 1 aromatic heterocycles. The van der Waals surface area contributed by atoms with Crippen LogP contribution in [0.4, 0.5) is 0 Å². The largest absolute Gasteiger partial charge is 0.324 e. The molecule has 0 amide bonds. The first-order valence-electron chi connectivity index (χ1n) is 7.30. The zero-order valence-electron chi connectivity index (χ0n) is 11.4. The SMILES string of the molecule is NC(CCC1CCCC1)c1cc2[nH]c(=O)[nH]c2cc1Br. The van der Waals surface area contributed by atoms with Crippen LogP contribution in [0.25, 0.3) is 11.0 Å². The highest BCUT2D eigenvalue weighted by molar-refractivity contribution is 9.10. The van der Waals surface area contributed by atoms with E-state index in [2.05, 4.69) is 25.9 Å². The molecule has 1 unspecified atom stereocenters. The summed E-state index contributed by atoms with van der Waals surface area (Å²) in [4.78, 5) is 16.9. The quantitative estimate of drug-likeness (QED) is 0.797. The minimum Gasteiger partial charge on any atom is -0.324 e. The molecule has 4 N–H and O–H groups in total. The number of hydrogen-bond donors (Lipinski definition) is 3. The van der Waals surface area contributed by atoms with E-state index in [1.165, 1.54) is 32.1 Å². The van der Waals surface area contributed by atoms with Gasteiger partial charge in [0.05, 0.1) is 11.0 Å². The number of rotatable bonds is 4. The van der Waals surface area contributed by atoms with E-state index in [1.54, 1.807) is 0 Å². The monoisotopic (exact) mass is 337 g/mol. The highest BCUT2D eigenvalue weighted by Gasteiger charge is 2.18. The van der Waals surface area contributed by atoms with E-state index < -0.39 is 0 Å². The fourth-order valence-corrected chi connectivity index (χ4v) is 3.86. The Balaban J connectivity index is 1.77. The van der Waals surface area contributed by atoms with Crippen LogP contribution in [0.5, 0.6) is 0 Å². The molecule has 0 spiro atoms. The summed E-state index contributed by atoms with van der Waals surface area (Å²) in [5.74, 6) is 0.857. The summed E-state index contributed by atoms with van der Waals surface area (Å²) >= 11 is 3.56. The molecule has 3 rings (SSSR count). The van der Waals surface area contributed by atoms with E-state index in [-0.39, 0.29) is 11.7 Å². The second-order valence-corrected chi connectivity index (χ2v) is 6.69. The van der Waals surface area contributed by atoms with Gasteiger partial charge in [-0.1, -0.05) is 41.6 Å². The van der Waals surface area contributed by atoms with Gasteiger partial charge in [0.25, 0.3) is 0 Å². The number of benzene rings is 1. The maximum atomic E-state index is 11.3. The van der Waals surface area contributed by atoms with Gasteiger partial charge in [-0.15, -0.1) is 0 Å². The van der Waals surface area contributed by atoms with E-state index in [4.69, 9.17) is 5.73 Å². The van der Waals surface area contributed by atoms with Gasteiger partial charge < -0.3 is 15.7 Å². The maximum Gasteiger partial charge on any atom is 0.323 e. The molecule has 1 aliphatic carbocycles. The van der Waals surface area contributed by atoms with Crippen molar-refractivity contribution in [2.75, 3.05) is 0 Å². The lowest BCUT2D eigenvalue weighted by Gasteiger charge is -2.16. The second-order valence-electron chi connectivity index (χ2n) is 5.83. The average molecular weight is 338 g/mol. The molecule has 20 heavy (non-hydrogen) atoms. The Hall–Kier alpha value is -1.07. The first-order chi connectivity index (χ1) is 9.63. The zero-order valence-corrected chi connectivity index (χ0v) is 13.0. The smallest absolute Gasteiger partial charge is 0.323 e. The van der Waals surface area contributed by atoms with Crippen molar-refractivity contribution < 1.29 is 0 Å². The van der Waals surface area contributed by atoms with E-state index in [9.17, 15) is 4.79 Å². The Bertz CT molecular complexity index is 655. The fraction of sp³-hybridized carbons (Fsp3) is 0.533. The molecule has 0 bridgehead atoms. The van der Waals surface area contributed by atoms with Crippen LogP contribution in [0.2, 0.25) is 0 Å². The lowest BCUT2D eigenvalue weighted by molar-refractivity contribution is 0.453. The maximum absolute atomic E-state index is 11.3. The number of imidazole rings is 1. The number of H-pyrrole nitrogens is 2. The van der Waals surface area contributed by atoms with Gasteiger partial charge in [-0.05, 0) is 36.5 Å². The molecule has 1 aliphatic rings. The lowest BCUT2D eigenvalue weighted by atomic mass is 9.95. The van der Waals surface area contributed by atoms with Crippen LogP contribution in [-0.4, -0.2) is 9.97 Å². The summed E-state index contributed by atoms with van der Waals surface area (Å²) in [5, 5.41) is 0. The molecule has 2 aromatic rings. The van der Waals surface area contributed by atoms with Gasteiger partial charge >= 0.3 is 5.69 Å². The van der Waals surface area contributed by atoms with Gasteiger partial charge in [0.1, 0.15) is 0 Å². The summed E-state index contributed by atoms with van der Waals surface area (Å²) in [5.41, 5.74) is 8.87. The van der Waals surface area contributed by atoms with Gasteiger partial charge in [0.2, 0.25) is 0 Å². The molecular weight excluding hydrogens is 318 g/mol. The minimum atomic E-state index is -0.177. The van der Waals surface area contributed by atoms with Crippen molar-refractivity contribution >= 4 is 27.0 Å². The van der Waals surface area contributed by atoms with Gasteiger partial charge in [-0.25, -0.2) is 4.79 Å². The van der Waals surface area contributed by atoms with Crippen LogP contribution in [0.3, 0.4) is 0 Å². The molecule has 0 saturated heterocycles. The summed E-state index contributed by atoms with van der Waals surface area (Å²) < 4.78 is 0.971. The van der Waals surface area contributed by atoms with Crippen LogP contribution in [0, 0.1) is 5.92 Å². The van der Waals surface area contributed by atoms with Crippen molar-refractivity contribution in [3.05, 3.63) is 32.7 Å². The third kappa shape index (κ3) is 2.83. The topological polar surface area (TPSA) is 74.7 Å². The Morgan fingerprint density at radius 2 is 1.90 bits per heavy atom. The van der Waals surface area contributed by atoms with Gasteiger partial charge in [0, 0.05) is 10.5 Å². The number of nitrogens with two attached hydrogens (primary N) is 1. The van der Waals surface area contributed by atoms with E-state index in [0.717, 1.165) is 33.4 Å². The molecule has 1 fully saturated rings. The Kier molecular flexibility index (Phi) is 3.98. The minimum absolute atomic E-state index is 0.0211. The summed E-state index contributed by atoms with van der Waals surface area (Å²) in [6.07, 6.45) is 7.68. The van der Waals surface area contributed by atoms with Crippen molar-refractivity contribution in [2.24, 2.45) is 11.7 Å². The van der Waals surface area contributed by atoms with Crippen LogP contribution >= 0.6 is 15.9 Å².